The lowest BCUT2D eigenvalue weighted by Gasteiger charge is -2.10. The molecule has 6 nitrogen and oxygen atoms in total. The summed E-state index contributed by atoms with van der Waals surface area (Å²) in [5.74, 6) is -0.671. The molecule has 0 bridgehead atoms. The number of nitrogens with one attached hydrogen (secondary N) is 1. The Balaban J connectivity index is 1.93. The molecule has 3 aromatic carbocycles. The van der Waals surface area contributed by atoms with Crippen molar-refractivity contribution in [3.05, 3.63) is 70.1 Å². The van der Waals surface area contributed by atoms with Gasteiger partial charge in [0.05, 0.1) is 21.2 Å². The SMILES string of the molecule is O=C(Nc1ccc([N+](=O)O)cc1Cl)c1ccc2ccccc2c1O. The Hall–Kier alpha value is -3.12. The van der Waals surface area contributed by atoms with Gasteiger partial charge in [0, 0.05) is 17.5 Å². The molecule has 3 N–H and O–H groups in total. The Kier molecular flexibility index (Phi) is 4.05. The number of hydrogen-bond donors (Lipinski definition) is 3. The minimum Gasteiger partial charge on any atom is -0.506 e. The summed E-state index contributed by atoms with van der Waals surface area (Å²) in [5.41, 5.74) is 0.285. The second-order valence-electron chi connectivity index (χ2n) is 5.07. The van der Waals surface area contributed by atoms with Gasteiger partial charge in [-0.15, -0.1) is 0 Å². The molecule has 7 heteroatoms. The molecular weight excluding hydrogens is 332 g/mol. The van der Waals surface area contributed by atoms with Crippen LogP contribution in [0.1, 0.15) is 10.4 Å². The standard InChI is InChI=1S/C17H11ClN2O4/c18-14-9-11(20(23)24)6-8-15(14)19-17(22)13-7-5-10-3-1-2-4-12(10)16(13)21/h1-9H,(H2-,19,21,22,23,24)/p+1. The molecule has 3 aromatic rings. The van der Waals surface area contributed by atoms with Crippen molar-refractivity contribution >= 4 is 39.7 Å². The van der Waals surface area contributed by atoms with Gasteiger partial charge in [-0.25, -0.2) is 5.21 Å². The van der Waals surface area contributed by atoms with Gasteiger partial charge in [0.15, 0.2) is 0 Å². The van der Waals surface area contributed by atoms with E-state index in [0.29, 0.717) is 5.39 Å². The summed E-state index contributed by atoms with van der Waals surface area (Å²) >= 11 is 5.99. The topological polar surface area (TPSA) is 89.6 Å². The number of nitrogens with zero attached hydrogens (tertiary/aromatic N) is 1. The highest BCUT2D eigenvalue weighted by Gasteiger charge is 2.18. The number of benzene rings is 3. The largest absolute Gasteiger partial charge is 0.506 e. The average molecular weight is 344 g/mol. The number of phenolic OH excluding ortho intramolecular Hbond substituents is 1. The molecule has 1 amide bonds. The van der Waals surface area contributed by atoms with Crippen LogP contribution >= 0.6 is 11.6 Å². The minimum absolute atomic E-state index is 0.0634. The molecule has 0 heterocycles. The van der Waals surface area contributed by atoms with Crippen molar-refractivity contribution in [2.75, 3.05) is 5.32 Å². The van der Waals surface area contributed by atoms with E-state index in [-0.39, 0.29) is 32.6 Å². The summed E-state index contributed by atoms with van der Waals surface area (Å²) in [6.07, 6.45) is 0. The maximum Gasteiger partial charge on any atom is 0.318 e. The molecule has 0 radical (unpaired) electrons. The van der Waals surface area contributed by atoms with Gasteiger partial charge >= 0.3 is 5.69 Å². The van der Waals surface area contributed by atoms with E-state index in [1.807, 2.05) is 12.1 Å². The van der Waals surface area contributed by atoms with Crippen LogP contribution in [-0.2, 0) is 0 Å². The number of carbonyl (C=O) groups is 1. The third kappa shape index (κ3) is 2.87. The number of anilines is 1. The van der Waals surface area contributed by atoms with Crippen LogP contribution in [0.5, 0.6) is 5.75 Å². The quantitative estimate of drug-likeness (QED) is 0.620. The number of halogens is 1. The van der Waals surface area contributed by atoms with E-state index in [1.54, 1.807) is 18.2 Å². The van der Waals surface area contributed by atoms with Gasteiger partial charge < -0.3 is 10.4 Å². The lowest BCUT2D eigenvalue weighted by molar-refractivity contribution is -0.729. The maximum absolute atomic E-state index is 12.4. The summed E-state index contributed by atoms with van der Waals surface area (Å²) < 4.78 is 0. The first kappa shape index (κ1) is 15.8. The molecule has 0 aliphatic carbocycles. The fourth-order valence-corrected chi connectivity index (χ4v) is 2.57. The molecule has 0 unspecified atom stereocenters. The van der Waals surface area contributed by atoms with E-state index in [9.17, 15) is 14.8 Å². The number of hydrogen-bond acceptors (Lipinski definition) is 3. The smallest absolute Gasteiger partial charge is 0.318 e. The van der Waals surface area contributed by atoms with Crippen LogP contribution < -0.4 is 5.32 Å². The molecule has 120 valence electrons. The highest BCUT2D eigenvalue weighted by molar-refractivity contribution is 6.34. The third-order valence-corrected chi connectivity index (χ3v) is 3.88. The van der Waals surface area contributed by atoms with Crippen molar-refractivity contribution in [3.63, 3.8) is 0 Å². The Morgan fingerprint density at radius 2 is 1.83 bits per heavy atom. The molecule has 0 atom stereocenters. The second-order valence-corrected chi connectivity index (χ2v) is 5.48. The molecule has 0 aliphatic rings. The van der Waals surface area contributed by atoms with E-state index in [2.05, 4.69) is 5.32 Å². The second kappa shape index (κ2) is 6.17. The van der Waals surface area contributed by atoms with Crippen molar-refractivity contribution in [2.24, 2.45) is 0 Å². The van der Waals surface area contributed by atoms with Gasteiger partial charge in [-0.1, -0.05) is 41.9 Å². The number of amides is 1. The fourth-order valence-electron chi connectivity index (χ4n) is 2.35. The first-order valence-electron chi connectivity index (χ1n) is 6.95. The Morgan fingerprint density at radius 3 is 2.54 bits per heavy atom. The van der Waals surface area contributed by atoms with Gasteiger partial charge in [0.1, 0.15) is 5.75 Å². The number of aromatic hydroxyl groups is 1. The van der Waals surface area contributed by atoms with E-state index in [0.717, 1.165) is 5.39 Å². The summed E-state index contributed by atoms with van der Waals surface area (Å²) in [7, 11) is 0. The van der Waals surface area contributed by atoms with Gasteiger partial charge in [-0.05, 0) is 17.5 Å². The number of fused-ring (bicyclic) bond motifs is 1. The van der Waals surface area contributed by atoms with Crippen molar-refractivity contribution in [1.29, 1.82) is 0 Å². The average Bonchev–Trinajstić information content (AvgIpc) is 2.57. The predicted molar refractivity (Wildman–Crippen MR) is 90.1 cm³/mol. The van der Waals surface area contributed by atoms with Crippen molar-refractivity contribution in [3.8, 4) is 5.75 Å². The monoisotopic (exact) mass is 343 g/mol. The Morgan fingerprint density at radius 1 is 1.08 bits per heavy atom. The zero-order valence-electron chi connectivity index (χ0n) is 12.2. The molecule has 24 heavy (non-hydrogen) atoms. The van der Waals surface area contributed by atoms with Crippen LogP contribution in [0.2, 0.25) is 5.02 Å². The van der Waals surface area contributed by atoms with Crippen LogP contribution in [-0.4, -0.2) is 21.1 Å². The van der Waals surface area contributed by atoms with Crippen LogP contribution in [0.4, 0.5) is 11.4 Å². The fraction of sp³-hybridized carbons (Fsp3) is 0. The first-order valence-corrected chi connectivity index (χ1v) is 7.33. The van der Waals surface area contributed by atoms with Gasteiger partial charge in [-0.2, -0.15) is 0 Å². The van der Waals surface area contributed by atoms with E-state index < -0.39 is 5.91 Å². The van der Waals surface area contributed by atoms with Gasteiger partial charge in [0.2, 0.25) is 0 Å². The van der Waals surface area contributed by atoms with Crippen LogP contribution in [0, 0.1) is 4.91 Å². The van der Waals surface area contributed by atoms with E-state index in [4.69, 9.17) is 16.8 Å². The predicted octanol–water partition coefficient (Wildman–Crippen LogP) is 4.25. The molecule has 0 saturated carbocycles. The van der Waals surface area contributed by atoms with Crippen molar-refractivity contribution < 1.29 is 20.0 Å². The highest BCUT2D eigenvalue weighted by Crippen LogP contribution is 2.31. The van der Waals surface area contributed by atoms with Crippen LogP contribution in [0.15, 0.2) is 54.6 Å². The summed E-state index contributed by atoms with van der Waals surface area (Å²) in [5, 5.41) is 23.2. The summed E-state index contributed by atoms with van der Waals surface area (Å²) in [4.78, 5) is 22.9. The minimum atomic E-state index is -0.545. The molecule has 0 aliphatic heterocycles. The number of carbonyl (C=O) groups excluding carboxylic acids is 1. The van der Waals surface area contributed by atoms with Gasteiger partial charge in [0.25, 0.3) is 10.8 Å². The zero-order chi connectivity index (χ0) is 17.3. The third-order valence-electron chi connectivity index (χ3n) is 3.57. The van der Waals surface area contributed by atoms with Crippen molar-refractivity contribution in [1.82, 2.24) is 0 Å². The number of phenols is 1. The molecule has 0 aromatic heterocycles. The first-order chi connectivity index (χ1) is 11.5. The lowest BCUT2D eigenvalue weighted by Crippen LogP contribution is -2.12. The molecular formula is C17H12ClN2O4+. The van der Waals surface area contributed by atoms with E-state index in [1.165, 1.54) is 24.3 Å². The highest BCUT2D eigenvalue weighted by atomic mass is 35.5. The molecule has 0 saturated heterocycles. The molecule has 0 fully saturated rings. The lowest BCUT2D eigenvalue weighted by atomic mass is 10.0. The Bertz CT molecular complexity index is 972. The summed E-state index contributed by atoms with van der Waals surface area (Å²) in [6, 6.07) is 14.3. The normalized spacial score (nSPS) is 10.5. The molecule has 0 spiro atoms. The molecule has 3 rings (SSSR count). The summed E-state index contributed by atoms with van der Waals surface area (Å²) in [6.45, 7) is 0. The van der Waals surface area contributed by atoms with Gasteiger partial charge in [-0.3, -0.25) is 4.79 Å². The zero-order valence-corrected chi connectivity index (χ0v) is 13.0. The maximum atomic E-state index is 12.4. The Labute approximate surface area is 141 Å². The van der Waals surface area contributed by atoms with Crippen LogP contribution in [0.3, 0.4) is 0 Å². The van der Waals surface area contributed by atoms with Crippen molar-refractivity contribution in [2.45, 2.75) is 0 Å². The van der Waals surface area contributed by atoms with Crippen LogP contribution in [0.25, 0.3) is 10.8 Å². The van der Waals surface area contributed by atoms with E-state index >= 15 is 0 Å². The number of rotatable bonds is 3.